The second-order valence-corrected chi connectivity index (χ2v) is 12.1. The van der Waals surface area contributed by atoms with E-state index < -0.39 is 0 Å². The average Bonchev–Trinajstić information content (AvgIpc) is 3.13. The molecule has 0 nitrogen and oxygen atoms in total. The third-order valence-electron chi connectivity index (χ3n) is 9.43. The maximum atomic E-state index is 2.41. The number of benzene rings is 9. The first kappa shape index (κ1) is 26.4. The van der Waals surface area contributed by atoms with Gasteiger partial charge in [0.1, 0.15) is 0 Å². The second kappa shape index (κ2) is 10.9. The van der Waals surface area contributed by atoms with Crippen LogP contribution in [0.4, 0.5) is 0 Å². The molecule has 0 aliphatic heterocycles. The molecule has 9 rings (SSSR count). The Balaban J connectivity index is 1.34. The minimum absolute atomic E-state index is 1.22. The average molecular weight is 583 g/mol. The van der Waals surface area contributed by atoms with Gasteiger partial charge in [-0.05, 0) is 106 Å². The van der Waals surface area contributed by atoms with E-state index in [1.54, 1.807) is 0 Å². The predicted octanol–water partition coefficient (Wildman–Crippen LogP) is 13.0. The fraction of sp³-hybridized carbons (Fsp3) is 0. The summed E-state index contributed by atoms with van der Waals surface area (Å²) in [5.41, 5.74) is 9.93. The maximum absolute atomic E-state index is 2.41. The van der Waals surface area contributed by atoms with E-state index in [-0.39, 0.29) is 0 Å². The molecule has 0 unspecified atom stereocenters. The van der Waals surface area contributed by atoms with Crippen molar-refractivity contribution in [1.29, 1.82) is 0 Å². The van der Waals surface area contributed by atoms with Crippen LogP contribution in [0.3, 0.4) is 0 Å². The molecule has 0 N–H and O–H groups in total. The summed E-state index contributed by atoms with van der Waals surface area (Å²) in [6.07, 6.45) is 0. The standard InChI is InChI=1S/C46H30/c1-2-10-31(11-3-1)34-18-22-35(23-19-34)45-41-16-8-9-17-42(41)46(40-25-21-33-13-5-7-15-37(33)29-40)43-27-26-39(30-44(43)45)38-24-20-32-12-4-6-14-36(32)28-38/h1-30H. The van der Waals surface area contributed by atoms with Gasteiger partial charge in [-0.25, -0.2) is 0 Å². The second-order valence-electron chi connectivity index (χ2n) is 12.1. The molecule has 0 bridgehead atoms. The summed E-state index contributed by atoms with van der Waals surface area (Å²) in [4.78, 5) is 0. The van der Waals surface area contributed by atoms with E-state index in [2.05, 4.69) is 182 Å². The van der Waals surface area contributed by atoms with Crippen LogP contribution in [0.1, 0.15) is 0 Å². The molecule has 0 radical (unpaired) electrons. The Kier molecular flexibility index (Phi) is 6.25. The summed E-state index contributed by atoms with van der Waals surface area (Å²) < 4.78 is 0. The normalized spacial score (nSPS) is 11.5. The lowest BCUT2D eigenvalue weighted by Crippen LogP contribution is -1.92. The molecule has 0 aliphatic rings. The van der Waals surface area contributed by atoms with Crippen LogP contribution >= 0.6 is 0 Å². The highest BCUT2D eigenvalue weighted by atomic mass is 14.2. The lowest BCUT2D eigenvalue weighted by Gasteiger charge is -2.19. The molecule has 0 aromatic heterocycles. The first-order chi connectivity index (χ1) is 22.8. The fourth-order valence-corrected chi connectivity index (χ4v) is 7.15. The summed E-state index contributed by atoms with van der Waals surface area (Å²) in [5.74, 6) is 0. The first-order valence-electron chi connectivity index (χ1n) is 15.9. The molecule has 0 spiro atoms. The molecular weight excluding hydrogens is 553 g/mol. The molecule has 0 aliphatic carbocycles. The molecule has 46 heavy (non-hydrogen) atoms. The molecule has 0 heteroatoms. The highest BCUT2D eigenvalue weighted by Gasteiger charge is 2.18. The number of hydrogen-bond donors (Lipinski definition) is 0. The Labute approximate surface area is 268 Å². The molecule has 9 aromatic carbocycles. The van der Waals surface area contributed by atoms with Gasteiger partial charge >= 0.3 is 0 Å². The van der Waals surface area contributed by atoms with Gasteiger partial charge in [-0.15, -0.1) is 0 Å². The minimum atomic E-state index is 1.22. The SMILES string of the molecule is c1ccc(-c2ccc(-c3c4ccccc4c(-c4ccc5ccccc5c4)c4ccc(-c5ccc6ccccc6c5)cc34)cc2)cc1. The maximum Gasteiger partial charge on any atom is -0.00261 e. The number of fused-ring (bicyclic) bond motifs is 4. The van der Waals surface area contributed by atoms with Crippen LogP contribution in [0.15, 0.2) is 182 Å². The van der Waals surface area contributed by atoms with Gasteiger partial charge in [-0.2, -0.15) is 0 Å². The van der Waals surface area contributed by atoms with E-state index in [0.717, 1.165) is 0 Å². The molecule has 0 atom stereocenters. The lowest BCUT2D eigenvalue weighted by atomic mass is 9.84. The van der Waals surface area contributed by atoms with E-state index in [4.69, 9.17) is 0 Å². The van der Waals surface area contributed by atoms with E-state index in [9.17, 15) is 0 Å². The van der Waals surface area contributed by atoms with Gasteiger partial charge in [0.05, 0.1) is 0 Å². The molecule has 0 saturated carbocycles. The smallest absolute Gasteiger partial charge is 0.00261 e. The van der Waals surface area contributed by atoms with Crippen molar-refractivity contribution in [2.45, 2.75) is 0 Å². The van der Waals surface area contributed by atoms with Crippen LogP contribution in [0.25, 0.3) is 87.6 Å². The van der Waals surface area contributed by atoms with E-state index in [0.29, 0.717) is 0 Å². The van der Waals surface area contributed by atoms with Crippen LogP contribution in [-0.2, 0) is 0 Å². The van der Waals surface area contributed by atoms with Crippen molar-refractivity contribution in [3.63, 3.8) is 0 Å². The zero-order chi connectivity index (χ0) is 30.5. The van der Waals surface area contributed by atoms with E-state index >= 15 is 0 Å². The van der Waals surface area contributed by atoms with Crippen molar-refractivity contribution in [3.05, 3.63) is 182 Å². The van der Waals surface area contributed by atoms with Crippen molar-refractivity contribution >= 4 is 43.1 Å². The number of rotatable bonds is 4. The van der Waals surface area contributed by atoms with Crippen LogP contribution in [0, 0.1) is 0 Å². The third kappa shape index (κ3) is 4.47. The molecule has 214 valence electrons. The molecule has 0 fully saturated rings. The molecule has 0 amide bonds. The van der Waals surface area contributed by atoms with Crippen molar-refractivity contribution in [1.82, 2.24) is 0 Å². The molecule has 0 heterocycles. The summed E-state index contributed by atoms with van der Waals surface area (Å²) in [7, 11) is 0. The highest BCUT2D eigenvalue weighted by molar-refractivity contribution is 6.22. The van der Waals surface area contributed by atoms with Crippen molar-refractivity contribution in [3.8, 4) is 44.5 Å². The van der Waals surface area contributed by atoms with Gasteiger partial charge in [0.25, 0.3) is 0 Å². The topological polar surface area (TPSA) is 0 Å². The van der Waals surface area contributed by atoms with Gasteiger partial charge in [0.15, 0.2) is 0 Å². The van der Waals surface area contributed by atoms with Crippen LogP contribution in [0.2, 0.25) is 0 Å². The van der Waals surface area contributed by atoms with Gasteiger partial charge in [-0.3, -0.25) is 0 Å². The van der Waals surface area contributed by atoms with Gasteiger partial charge in [-0.1, -0.05) is 164 Å². The van der Waals surface area contributed by atoms with Crippen molar-refractivity contribution < 1.29 is 0 Å². The number of hydrogen-bond acceptors (Lipinski definition) is 0. The zero-order valence-electron chi connectivity index (χ0n) is 25.3. The fourth-order valence-electron chi connectivity index (χ4n) is 7.15. The first-order valence-corrected chi connectivity index (χ1v) is 15.9. The summed E-state index contributed by atoms with van der Waals surface area (Å²) in [5, 5.41) is 10.1. The zero-order valence-corrected chi connectivity index (χ0v) is 25.3. The van der Waals surface area contributed by atoms with E-state index in [1.807, 2.05) is 0 Å². The summed E-state index contributed by atoms with van der Waals surface area (Å²) in [6, 6.07) is 66.6. The minimum Gasteiger partial charge on any atom is -0.0622 e. The van der Waals surface area contributed by atoms with Crippen LogP contribution in [0.5, 0.6) is 0 Å². The van der Waals surface area contributed by atoms with Crippen molar-refractivity contribution in [2.75, 3.05) is 0 Å². The molecule has 0 saturated heterocycles. The Morgan fingerprint density at radius 3 is 1.28 bits per heavy atom. The molecular formula is C46H30. The summed E-state index contributed by atoms with van der Waals surface area (Å²) in [6.45, 7) is 0. The van der Waals surface area contributed by atoms with E-state index in [1.165, 1.54) is 87.6 Å². The quantitative estimate of drug-likeness (QED) is 0.181. The third-order valence-corrected chi connectivity index (χ3v) is 9.43. The van der Waals surface area contributed by atoms with Gasteiger partial charge in [0, 0.05) is 0 Å². The highest BCUT2D eigenvalue weighted by Crippen LogP contribution is 2.45. The van der Waals surface area contributed by atoms with Crippen LogP contribution < -0.4 is 0 Å². The Bertz CT molecular complexity index is 2560. The predicted molar refractivity (Wildman–Crippen MR) is 198 cm³/mol. The van der Waals surface area contributed by atoms with Crippen molar-refractivity contribution in [2.24, 2.45) is 0 Å². The Hall–Kier alpha value is -5.98. The van der Waals surface area contributed by atoms with Gasteiger partial charge < -0.3 is 0 Å². The monoisotopic (exact) mass is 582 g/mol. The molecule has 9 aromatic rings. The Morgan fingerprint density at radius 1 is 0.196 bits per heavy atom. The lowest BCUT2D eigenvalue weighted by molar-refractivity contribution is 1.61. The van der Waals surface area contributed by atoms with Gasteiger partial charge in [0.2, 0.25) is 0 Å². The summed E-state index contributed by atoms with van der Waals surface area (Å²) >= 11 is 0. The van der Waals surface area contributed by atoms with Crippen LogP contribution in [-0.4, -0.2) is 0 Å². The Morgan fingerprint density at radius 2 is 0.609 bits per heavy atom. The largest absolute Gasteiger partial charge is 0.0622 e.